The zero-order valence-corrected chi connectivity index (χ0v) is 11.9. The maximum atomic E-state index is 12.5. The second-order valence-corrected chi connectivity index (χ2v) is 6.06. The molecule has 0 bridgehead atoms. The summed E-state index contributed by atoms with van der Waals surface area (Å²) in [6.45, 7) is 3.78. The number of phenols is 1. The van der Waals surface area contributed by atoms with Gasteiger partial charge in [-0.1, -0.05) is 23.7 Å². The molecule has 0 spiro atoms. The first kappa shape index (κ1) is 15.5. The van der Waals surface area contributed by atoms with Gasteiger partial charge in [0.05, 0.1) is 18.2 Å². The third-order valence-corrected chi connectivity index (χ3v) is 4.80. The number of hydrogen-bond donors (Lipinski definition) is 2. The van der Waals surface area contributed by atoms with Gasteiger partial charge in [-0.15, -0.1) is 0 Å². The highest BCUT2D eigenvalue weighted by Crippen LogP contribution is 2.59. The molecule has 0 heterocycles. The van der Waals surface area contributed by atoms with E-state index in [-0.39, 0.29) is 29.5 Å². The molecule has 0 aliphatic rings. The number of benzene rings is 1. The molecule has 3 N–H and O–H groups in total. The third-order valence-electron chi connectivity index (χ3n) is 2.30. The first-order chi connectivity index (χ1) is 8.46. The number of halogens is 1. The predicted molar refractivity (Wildman–Crippen MR) is 70.9 cm³/mol. The van der Waals surface area contributed by atoms with E-state index >= 15 is 0 Å². The van der Waals surface area contributed by atoms with Crippen LogP contribution in [0.1, 0.15) is 25.2 Å². The van der Waals surface area contributed by atoms with E-state index in [1.54, 1.807) is 19.9 Å². The molecular formula is C11H17ClNO4P. The molecule has 0 unspecified atom stereocenters. The van der Waals surface area contributed by atoms with E-state index in [0.717, 1.165) is 0 Å². The van der Waals surface area contributed by atoms with E-state index in [2.05, 4.69) is 0 Å². The van der Waals surface area contributed by atoms with Gasteiger partial charge in [0.15, 0.2) is 0 Å². The van der Waals surface area contributed by atoms with Crippen LogP contribution in [0.5, 0.6) is 5.75 Å². The summed E-state index contributed by atoms with van der Waals surface area (Å²) in [6.07, 6.45) is 0. The van der Waals surface area contributed by atoms with E-state index in [1.807, 2.05) is 0 Å². The number of nitrogens with two attached hydrogens (primary N) is 1. The van der Waals surface area contributed by atoms with E-state index in [9.17, 15) is 9.67 Å². The van der Waals surface area contributed by atoms with Gasteiger partial charge in [-0.3, -0.25) is 4.57 Å². The van der Waals surface area contributed by atoms with Crippen LogP contribution in [0.3, 0.4) is 0 Å². The van der Waals surface area contributed by atoms with Crippen molar-refractivity contribution in [3.63, 3.8) is 0 Å². The minimum Gasteiger partial charge on any atom is -0.506 e. The number of hydrogen-bond acceptors (Lipinski definition) is 5. The average molecular weight is 294 g/mol. The molecule has 7 heteroatoms. The molecule has 1 rings (SSSR count). The monoisotopic (exact) mass is 293 g/mol. The van der Waals surface area contributed by atoms with Crippen LogP contribution in [-0.2, 0) is 13.6 Å². The molecule has 102 valence electrons. The lowest BCUT2D eigenvalue weighted by Gasteiger charge is -2.24. The smallest absolute Gasteiger partial charge is 0.351 e. The standard InChI is InChI=1S/C11H17ClNO4P/c1-3-16-18(15,17-4-2)11(13)8-6-5-7-9(12)10(8)14/h5-7,11,14H,3-4,13H2,1-2H3/t11-/m1/s1. The highest BCUT2D eigenvalue weighted by Gasteiger charge is 2.35. The number of phenolic OH excluding ortho intramolecular Hbond substituents is 1. The maximum absolute atomic E-state index is 12.5. The number of aromatic hydroxyl groups is 1. The molecule has 0 amide bonds. The largest absolute Gasteiger partial charge is 0.506 e. The molecule has 0 fully saturated rings. The van der Waals surface area contributed by atoms with Gasteiger partial charge in [0, 0.05) is 5.56 Å². The summed E-state index contributed by atoms with van der Waals surface area (Å²) in [4.78, 5) is 0. The lowest BCUT2D eigenvalue weighted by Crippen LogP contribution is -2.15. The van der Waals surface area contributed by atoms with Crippen molar-refractivity contribution in [1.29, 1.82) is 0 Å². The van der Waals surface area contributed by atoms with Gasteiger partial charge in [0.1, 0.15) is 11.5 Å². The molecule has 0 aliphatic carbocycles. The van der Waals surface area contributed by atoms with Crippen molar-refractivity contribution in [3.8, 4) is 5.75 Å². The lowest BCUT2D eigenvalue weighted by atomic mass is 10.2. The third kappa shape index (κ3) is 3.25. The van der Waals surface area contributed by atoms with E-state index in [1.165, 1.54) is 12.1 Å². The summed E-state index contributed by atoms with van der Waals surface area (Å²) in [5, 5.41) is 9.96. The number of para-hydroxylation sites is 1. The molecule has 0 aliphatic heterocycles. The Hall–Kier alpha value is -0.580. The summed E-state index contributed by atoms with van der Waals surface area (Å²) in [6, 6.07) is 4.66. The minimum absolute atomic E-state index is 0.141. The minimum atomic E-state index is -3.52. The highest BCUT2D eigenvalue weighted by molar-refractivity contribution is 7.54. The second-order valence-electron chi connectivity index (χ2n) is 3.50. The summed E-state index contributed by atoms with van der Waals surface area (Å²) in [5.74, 6) is -1.28. The Labute approximate surface area is 111 Å². The van der Waals surface area contributed by atoms with Gasteiger partial charge in [0.2, 0.25) is 0 Å². The van der Waals surface area contributed by atoms with Crippen molar-refractivity contribution in [3.05, 3.63) is 28.8 Å². The quantitative estimate of drug-likeness (QED) is 0.787. The SMILES string of the molecule is CCOP(=O)(OCC)[C@@H](N)c1cccc(Cl)c1O. The molecule has 1 atom stereocenters. The van der Waals surface area contributed by atoms with Crippen LogP contribution in [-0.4, -0.2) is 18.3 Å². The molecule has 1 aromatic rings. The Morgan fingerprint density at radius 1 is 1.39 bits per heavy atom. The van der Waals surface area contributed by atoms with Crippen molar-refractivity contribution in [2.45, 2.75) is 19.6 Å². The summed E-state index contributed by atoms with van der Waals surface area (Å²) in [5.41, 5.74) is 6.13. The van der Waals surface area contributed by atoms with Crippen LogP contribution in [0.2, 0.25) is 5.02 Å². The topological polar surface area (TPSA) is 81.8 Å². The van der Waals surface area contributed by atoms with E-state index in [4.69, 9.17) is 26.4 Å². The molecule has 0 radical (unpaired) electrons. The van der Waals surface area contributed by atoms with Gasteiger partial charge in [-0.25, -0.2) is 0 Å². The molecule has 18 heavy (non-hydrogen) atoms. The zero-order valence-electron chi connectivity index (χ0n) is 10.3. The van der Waals surface area contributed by atoms with Gasteiger partial charge >= 0.3 is 7.60 Å². The van der Waals surface area contributed by atoms with Gasteiger partial charge in [0.25, 0.3) is 0 Å². The first-order valence-electron chi connectivity index (χ1n) is 5.58. The Balaban J connectivity index is 3.13. The Bertz CT molecular complexity index is 445. The number of rotatable bonds is 6. The molecule has 0 aromatic heterocycles. The van der Waals surface area contributed by atoms with Crippen LogP contribution < -0.4 is 5.73 Å². The van der Waals surface area contributed by atoms with Gasteiger partial charge < -0.3 is 19.9 Å². The fourth-order valence-corrected chi connectivity index (χ4v) is 3.35. The van der Waals surface area contributed by atoms with Crippen molar-refractivity contribution < 1.29 is 18.7 Å². The molecule has 1 aromatic carbocycles. The van der Waals surface area contributed by atoms with Crippen molar-refractivity contribution in [2.24, 2.45) is 5.73 Å². The predicted octanol–water partition coefficient (Wildman–Crippen LogP) is 3.27. The van der Waals surface area contributed by atoms with Crippen LogP contribution in [0.25, 0.3) is 0 Å². The zero-order chi connectivity index (χ0) is 13.8. The van der Waals surface area contributed by atoms with Crippen LogP contribution in [0, 0.1) is 0 Å². The van der Waals surface area contributed by atoms with Gasteiger partial charge in [-0.05, 0) is 19.9 Å². The summed E-state index contributed by atoms with van der Waals surface area (Å²) in [7, 11) is -3.52. The van der Waals surface area contributed by atoms with E-state index < -0.39 is 13.4 Å². The Morgan fingerprint density at radius 2 is 1.94 bits per heavy atom. The van der Waals surface area contributed by atoms with Crippen LogP contribution in [0.4, 0.5) is 0 Å². The van der Waals surface area contributed by atoms with Crippen molar-refractivity contribution >= 4 is 19.2 Å². The molecule has 0 saturated heterocycles. The van der Waals surface area contributed by atoms with E-state index in [0.29, 0.717) is 0 Å². The van der Waals surface area contributed by atoms with Gasteiger partial charge in [-0.2, -0.15) is 0 Å². The lowest BCUT2D eigenvalue weighted by molar-refractivity contribution is 0.212. The maximum Gasteiger partial charge on any atom is 0.351 e. The van der Waals surface area contributed by atoms with Crippen LogP contribution in [0.15, 0.2) is 18.2 Å². The Kier molecular flexibility index (Phi) is 5.63. The molecule has 5 nitrogen and oxygen atoms in total. The molecule has 0 saturated carbocycles. The summed E-state index contributed by atoms with van der Waals surface area (Å²) < 4.78 is 22.7. The summed E-state index contributed by atoms with van der Waals surface area (Å²) >= 11 is 5.79. The average Bonchev–Trinajstić information content (AvgIpc) is 2.32. The fraction of sp³-hybridized carbons (Fsp3) is 0.455. The van der Waals surface area contributed by atoms with Crippen molar-refractivity contribution in [1.82, 2.24) is 0 Å². The normalized spacial score (nSPS) is 13.6. The van der Waals surface area contributed by atoms with Crippen molar-refractivity contribution in [2.75, 3.05) is 13.2 Å². The first-order valence-corrected chi connectivity index (χ1v) is 7.57. The second kappa shape index (κ2) is 6.55. The van der Waals surface area contributed by atoms with Crippen LogP contribution >= 0.6 is 19.2 Å². The highest BCUT2D eigenvalue weighted by atomic mass is 35.5. The fourth-order valence-electron chi connectivity index (χ4n) is 1.50. The Morgan fingerprint density at radius 3 is 2.44 bits per heavy atom. The molecular weight excluding hydrogens is 277 g/mol.